The lowest BCUT2D eigenvalue weighted by atomic mass is 10.1. The van der Waals surface area contributed by atoms with E-state index < -0.39 is 12.0 Å². The topological polar surface area (TPSA) is 124 Å². The van der Waals surface area contributed by atoms with Crippen LogP contribution in [0.4, 0.5) is 0 Å². The number of phenolic OH excluding ortho intramolecular Hbond substituents is 1. The van der Waals surface area contributed by atoms with Gasteiger partial charge in [0.05, 0.1) is 0 Å². The number of nitrogens with two attached hydrogens (primary N) is 1. The van der Waals surface area contributed by atoms with Crippen LogP contribution in [-0.2, 0) is 11.2 Å². The lowest BCUT2D eigenvalue weighted by Crippen LogP contribution is -2.32. The maximum atomic E-state index is 10.4. The Kier molecular flexibility index (Phi) is 6.03. The molecule has 0 fully saturated rings. The first-order chi connectivity index (χ1) is 7.09. The highest BCUT2D eigenvalue weighted by atomic mass is 17.0. The Morgan fingerprint density at radius 3 is 2.13 bits per heavy atom. The van der Waals surface area contributed by atoms with E-state index in [9.17, 15) is 4.79 Å². The molecule has 0 radical (unpaired) electrons. The molecule has 0 bridgehead atoms. The van der Waals surface area contributed by atoms with Crippen LogP contribution in [0.15, 0.2) is 24.3 Å². The van der Waals surface area contributed by atoms with Crippen molar-refractivity contribution in [1.82, 2.24) is 0 Å². The highest BCUT2D eigenvalue weighted by molar-refractivity contribution is 5.73. The molecular weight excluding hydrogens is 202 g/mol. The summed E-state index contributed by atoms with van der Waals surface area (Å²) in [6.07, 6.45) is 0.273. The molecule has 0 aromatic heterocycles. The molecule has 1 aromatic carbocycles. The summed E-state index contributed by atoms with van der Waals surface area (Å²) in [4.78, 5) is 10.4. The fraction of sp³-hybridized carbons (Fsp3) is 0.222. The number of benzene rings is 1. The summed E-state index contributed by atoms with van der Waals surface area (Å²) in [5.41, 5.74) is 6.12. The summed E-state index contributed by atoms with van der Waals surface area (Å²) in [5, 5.41) is 29.5. The molecule has 0 spiro atoms. The third-order valence-electron chi connectivity index (χ3n) is 1.71. The number of rotatable bonds is 3. The molecule has 1 atom stereocenters. The first-order valence-electron chi connectivity index (χ1n) is 4.06. The van der Waals surface area contributed by atoms with Crippen molar-refractivity contribution in [2.75, 3.05) is 0 Å². The van der Waals surface area contributed by atoms with Gasteiger partial charge < -0.3 is 15.9 Å². The van der Waals surface area contributed by atoms with E-state index in [0.717, 1.165) is 5.56 Å². The van der Waals surface area contributed by atoms with Gasteiger partial charge in [0.1, 0.15) is 11.8 Å². The summed E-state index contributed by atoms with van der Waals surface area (Å²) < 4.78 is 0. The maximum Gasteiger partial charge on any atom is 0.320 e. The second-order valence-electron chi connectivity index (χ2n) is 2.82. The minimum atomic E-state index is -1.02. The van der Waals surface area contributed by atoms with Gasteiger partial charge in [-0.15, -0.1) is 0 Å². The standard InChI is InChI=1S/C9H11NO3.H2O2/c10-8(9(12)13)5-6-1-3-7(11)4-2-6;1-2/h1-4,8,11H,5,10H2,(H,12,13);1-2H/t8-;/m0./s1. The predicted octanol–water partition coefficient (Wildman–Crippen LogP) is 0.364. The van der Waals surface area contributed by atoms with E-state index in [1.807, 2.05) is 0 Å². The van der Waals surface area contributed by atoms with Crippen LogP contribution in [0.1, 0.15) is 5.56 Å². The zero-order valence-corrected chi connectivity index (χ0v) is 7.87. The lowest BCUT2D eigenvalue weighted by molar-refractivity contribution is -0.176. The molecular formula is C9H13NO5. The van der Waals surface area contributed by atoms with Gasteiger partial charge in [0.2, 0.25) is 0 Å². The predicted molar refractivity (Wildman–Crippen MR) is 52.7 cm³/mol. The van der Waals surface area contributed by atoms with E-state index >= 15 is 0 Å². The van der Waals surface area contributed by atoms with Crippen LogP contribution in [0.25, 0.3) is 0 Å². The third-order valence-corrected chi connectivity index (χ3v) is 1.71. The molecule has 0 heterocycles. The Morgan fingerprint density at radius 2 is 1.73 bits per heavy atom. The Morgan fingerprint density at radius 1 is 1.27 bits per heavy atom. The van der Waals surface area contributed by atoms with Gasteiger partial charge >= 0.3 is 5.97 Å². The normalized spacial score (nSPS) is 11.1. The largest absolute Gasteiger partial charge is 0.508 e. The van der Waals surface area contributed by atoms with E-state index in [1.165, 1.54) is 12.1 Å². The van der Waals surface area contributed by atoms with Gasteiger partial charge in [0.15, 0.2) is 0 Å². The monoisotopic (exact) mass is 215 g/mol. The van der Waals surface area contributed by atoms with Crippen LogP contribution in [0.2, 0.25) is 0 Å². The van der Waals surface area contributed by atoms with Gasteiger partial charge in [-0.1, -0.05) is 12.1 Å². The van der Waals surface area contributed by atoms with Crippen LogP contribution in [-0.4, -0.2) is 32.7 Å². The number of hydrogen-bond donors (Lipinski definition) is 5. The van der Waals surface area contributed by atoms with Gasteiger partial charge in [0.25, 0.3) is 0 Å². The van der Waals surface area contributed by atoms with Crippen LogP contribution < -0.4 is 5.73 Å². The summed E-state index contributed by atoms with van der Waals surface area (Å²) in [6, 6.07) is 5.42. The molecule has 0 aliphatic carbocycles. The third kappa shape index (κ3) is 4.96. The molecule has 6 heteroatoms. The number of phenols is 1. The smallest absolute Gasteiger partial charge is 0.320 e. The molecule has 1 rings (SSSR count). The molecule has 0 saturated heterocycles. The number of carboxylic acids is 1. The Balaban J connectivity index is 0.000000921. The van der Waals surface area contributed by atoms with Gasteiger partial charge in [-0.05, 0) is 24.1 Å². The summed E-state index contributed by atoms with van der Waals surface area (Å²) in [6.45, 7) is 0. The zero-order valence-electron chi connectivity index (χ0n) is 7.87. The number of aliphatic carboxylic acids is 1. The average molecular weight is 215 g/mol. The van der Waals surface area contributed by atoms with Crippen molar-refractivity contribution in [3.8, 4) is 5.75 Å². The van der Waals surface area contributed by atoms with Crippen molar-refractivity contribution in [1.29, 1.82) is 0 Å². The van der Waals surface area contributed by atoms with Crippen molar-refractivity contribution in [2.45, 2.75) is 12.5 Å². The minimum absolute atomic E-state index is 0.160. The molecule has 0 aliphatic heterocycles. The summed E-state index contributed by atoms with van der Waals surface area (Å²) in [7, 11) is 0. The highest BCUT2D eigenvalue weighted by Crippen LogP contribution is 2.10. The first kappa shape index (κ1) is 13.4. The van der Waals surface area contributed by atoms with Crippen molar-refractivity contribution < 1.29 is 25.5 Å². The van der Waals surface area contributed by atoms with E-state index in [2.05, 4.69) is 0 Å². The Hall–Kier alpha value is -1.63. The van der Waals surface area contributed by atoms with Crippen molar-refractivity contribution >= 4 is 5.97 Å². The molecule has 0 amide bonds. The molecule has 6 N–H and O–H groups in total. The minimum Gasteiger partial charge on any atom is -0.508 e. The molecule has 6 nitrogen and oxygen atoms in total. The molecule has 0 unspecified atom stereocenters. The van der Waals surface area contributed by atoms with Gasteiger partial charge in [-0.25, -0.2) is 0 Å². The zero-order chi connectivity index (χ0) is 11.8. The maximum absolute atomic E-state index is 10.4. The van der Waals surface area contributed by atoms with Crippen molar-refractivity contribution in [3.05, 3.63) is 29.8 Å². The lowest BCUT2D eigenvalue weighted by Gasteiger charge is -2.05. The van der Waals surface area contributed by atoms with Gasteiger partial charge in [0, 0.05) is 0 Å². The van der Waals surface area contributed by atoms with Crippen LogP contribution in [0, 0.1) is 0 Å². The number of hydrogen-bond acceptors (Lipinski definition) is 5. The van der Waals surface area contributed by atoms with Crippen LogP contribution >= 0.6 is 0 Å². The molecule has 0 saturated carbocycles. The Bertz CT molecular complexity index is 298. The molecule has 15 heavy (non-hydrogen) atoms. The second kappa shape index (κ2) is 6.77. The molecule has 84 valence electrons. The SMILES string of the molecule is N[C@@H](Cc1ccc(O)cc1)C(=O)O.OO. The van der Waals surface area contributed by atoms with E-state index in [0.29, 0.717) is 0 Å². The van der Waals surface area contributed by atoms with E-state index in [4.69, 9.17) is 26.5 Å². The molecule has 0 aliphatic rings. The van der Waals surface area contributed by atoms with Crippen LogP contribution in [0.3, 0.4) is 0 Å². The quantitative estimate of drug-likeness (QED) is 0.366. The summed E-state index contributed by atoms with van der Waals surface area (Å²) in [5.74, 6) is -0.860. The average Bonchev–Trinajstić information content (AvgIpc) is 2.24. The number of aromatic hydroxyl groups is 1. The highest BCUT2D eigenvalue weighted by Gasteiger charge is 2.11. The second-order valence-corrected chi connectivity index (χ2v) is 2.82. The summed E-state index contributed by atoms with van der Waals surface area (Å²) >= 11 is 0. The number of carboxylic acid groups (broad SMARTS) is 1. The van der Waals surface area contributed by atoms with Gasteiger partial charge in [-0.2, -0.15) is 0 Å². The fourth-order valence-electron chi connectivity index (χ4n) is 0.973. The van der Waals surface area contributed by atoms with Crippen molar-refractivity contribution in [2.24, 2.45) is 5.73 Å². The van der Waals surface area contributed by atoms with Crippen molar-refractivity contribution in [3.63, 3.8) is 0 Å². The molecule has 1 aromatic rings. The first-order valence-corrected chi connectivity index (χ1v) is 4.06. The fourth-order valence-corrected chi connectivity index (χ4v) is 0.973. The van der Waals surface area contributed by atoms with Crippen LogP contribution in [0.5, 0.6) is 5.75 Å². The van der Waals surface area contributed by atoms with E-state index in [-0.39, 0.29) is 12.2 Å². The van der Waals surface area contributed by atoms with E-state index in [1.54, 1.807) is 12.1 Å². The Labute approximate surface area is 86.1 Å². The van der Waals surface area contributed by atoms with Gasteiger partial charge in [-0.3, -0.25) is 15.3 Å². The number of carbonyl (C=O) groups is 1.